The second-order valence-corrected chi connectivity index (χ2v) is 9.56. The Morgan fingerprint density at radius 1 is 1.08 bits per heavy atom. The Labute approximate surface area is 214 Å². The number of fused-ring (bicyclic) bond motifs is 2. The van der Waals surface area contributed by atoms with Gasteiger partial charge in [0, 0.05) is 51.8 Å². The Bertz CT molecular complexity index is 1110. The van der Waals surface area contributed by atoms with E-state index < -0.39 is 17.5 Å². The maximum absolute atomic E-state index is 12.8. The number of carbonyl (C=O) groups excluding carboxylic acids is 1. The second kappa shape index (κ2) is 11.2. The third-order valence-corrected chi connectivity index (χ3v) is 6.83. The fourth-order valence-electron chi connectivity index (χ4n) is 4.74. The number of methoxy groups -OCH3 is 1. The van der Waals surface area contributed by atoms with Gasteiger partial charge in [-0.25, -0.2) is 24.5 Å². The van der Waals surface area contributed by atoms with Crippen LogP contribution in [0.2, 0.25) is 0 Å². The van der Waals surface area contributed by atoms with Crippen LogP contribution in [0.1, 0.15) is 47.8 Å². The summed E-state index contributed by atoms with van der Waals surface area (Å²) in [7, 11) is 3.74. The Hall–Kier alpha value is -3.58. The topological polar surface area (TPSA) is 160 Å². The quantitative estimate of drug-likeness (QED) is 0.524. The van der Waals surface area contributed by atoms with Gasteiger partial charge in [-0.3, -0.25) is 4.79 Å². The van der Waals surface area contributed by atoms with Gasteiger partial charge in [-0.15, -0.1) is 0 Å². The van der Waals surface area contributed by atoms with Gasteiger partial charge < -0.3 is 34.1 Å². The summed E-state index contributed by atoms with van der Waals surface area (Å²) in [6.07, 6.45) is 9.23. The number of ether oxygens (including phenoxy) is 2. The number of piperidine rings is 1. The van der Waals surface area contributed by atoms with Crippen LogP contribution >= 0.6 is 0 Å². The summed E-state index contributed by atoms with van der Waals surface area (Å²) in [6, 6.07) is 0. The van der Waals surface area contributed by atoms with E-state index in [1.165, 1.54) is 30.9 Å². The number of imidazole rings is 1. The molecule has 2 aromatic rings. The number of aromatic nitrogens is 4. The monoisotopic (exact) mass is 516 g/mol. The van der Waals surface area contributed by atoms with Gasteiger partial charge in [0.15, 0.2) is 5.75 Å². The molecule has 13 heteroatoms. The number of likely N-dealkylation sites (tertiary alicyclic amines) is 1. The number of aliphatic carboxylic acids is 2. The first-order valence-corrected chi connectivity index (χ1v) is 12.2. The summed E-state index contributed by atoms with van der Waals surface area (Å²) >= 11 is 0. The molecule has 1 aliphatic carbocycles. The van der Waals surface area contributed by atoms with Gasteiger partial charge in [-0.05, 0) is 25.8 Å². The maximum Gasteiger partial charge on any atom is 0.414 e. The molecule has 1 amide bonds. The second-order valence-electron chi connectivity index (χ2n) is 9.56. The van der Waals surface area contributed by atoms with Crippen molar-refractivity contribution in [1.29, 1.82) is 0 Å². The molecule has 13 nitrogen and oxygen atoms in total. The normalized spacial score (nSPS) is 18.1. The minimum absolute atomic E-state index is 0.154. The van der Waals surface area contributed by atoms with Crippen molar-refractivity contribution in [1.82, 2.24) is 29.3 Å². The minimum atomic E-state index is -1.82. The molecule has 1 spiro atoms. The molecule has 2 N–H and O–H groups in total. The zero-order valence-electron chi connectivity index (χ0n) is 21.0. The molecule has 0 aromatic carbocycles. The molecule has 0 atom stereocenters. The highest BCUT2D eigenvalue weighted by atomic mass is 16.5. The van der Waals surface area contributed by atoms with Gasteiger partial charge in [-0.2, -0.15) is 0 Å². The number of rotatable bonds is 6. The number of amides is 1. The average Bonchev–Trinajstić information content (AvgIpc) is 3.62. The van der Waals surface area contributed by atoms with Crippen molar-refractivity contribution in [2.45, 2.75) is 44.4 Å². The van der Waals surface area contributed by atoms with Crippen molar-refractivity contribution < 1.29 is 34.1 Å². The summed E-state index contributed by atoms with van der Waals surface area (Å²) < 4.78 is 13.7. The minimum Gasteiger partial charge on any atom is -0.494 e. The molecule has 200 valence electrons. The van der Waals surface area contributed by atoms with Crippen LogP contribution in [-0.2, 0) is 33.0 Å². The lowest BCUT2D eigenvalue weighted by Crippen LogP contribution is -2.50. The van der Waals surface area contributed by atoms with E-state index in [2.05, 4.69) is 26.5 Å². The third kappa shape index (κ3) is 6.23. The van der Waals surface area contributed by atoms with E-state index >= 15 is 0 Å². The van der Waals surface area contributed by atoms with Crippen LogP contribution in [0, 0.1) is 5.92 Å². The van der Waals surface area contributed by atoms with Crippen LogP contribution in [-0.4, -0.2) is 97.8 Å². The number of nitrogens with zero attached hydrogens (tertiary/aromatic N) is 6. The highest BCUT2D eigenvalue weighted by Crippen LogP contribution is 2.39. The molecule has 37 heavy (non-hydrogen) atoms. The summed E-state index contributed by atoms with van der Waals surface area (Å²) in [4.78, 5) is 48.3. The van der Waals surface area contributed by atoms with Gasteiger partial charge in [0.2, 0.25) is 5.82 Å². The van der Waals surface area contributed by atoms with Gasteiger partial charge in [0.25, 0.3) is 5.91 Å². The molecule has 1 saturated heterocycles. The molecule has 2 aliphatic heterocycles. The highest BCUT2D eigenvalue weighted by molar-refractivity contribution is 6.27. The summed E-state index contributed by atoms with van der Waals surface area (Å²) in [5, 5.41) is 14.8. The molecule has 0 radical (unpaired) electrons. The molecule has 0 unspecified atom stereocenters. The molecule has 2 fully saturated rings. The number of hydrogen-bond donors (Lipinski definition) is 2. The maximum atomic E-state index is 12.8. The standard InChI is InChI=1S/C22H30N6O3.C2H2O4/c1-26(14-16-3-4-16)15-17-11-25-21-22(31-10-9-28(17)21)5-7-27(8-6-22)20(29)19-23-12-18(30-2)13-24-19;3-1(4)2(5)6/h11-13,16H,3-10,14-15H2,1-2H3;(H,3,4)(H,5,6). The summed E-state index contributed by atoms with van der Waals surface area (Å²) in [5.41, 5.74) is 0.842. The van der Waals surface area contributed by atoms with Crippen LogP contribution in [0.5, 0.6) is 5.75 Å². The van der Waals surface area contributed by atoms with E-state index in [1.807, 2.05) is 11.1 Å². The zero-order chi connectivity index (χ0) is 26.6. The van der Waals surface area contributed by atoms with Crippen molar-refractivity contribution in [2.75, 3.05) is 40.4 Å². The highest BCUT2D eigenvalue weighted by Gasteiger charge is 2.44. The Balaban J connectivity index is 0.000000480. The number of hydrogen-bond acceptors (Lipinski definition) is 9. The summed E-state index contributed by atoms with van der Waals surface area (Å²) in [5.74, 6) is -1.18. The van der Waals surface area contributed by atoms with Crippen LogP contribution < -0.4 is 4.74 Å². The van der Waals surface area contributed by atoms with Crippen LogP contribution in [0.3, 0.4) is 0 Å². The van der Waals surface area contributed by atoms with E-state index in [0.717, 1.165) is 44.2 Å². The Kier molecular flexibility index (Phi) is 8.03. The molecular weight excluding hydrogens is 484 g/mol. The van der Waals surface area contributed by atoms with Crippen molar-refractivity contribution in [2.24, 2.45) is 5.92 Å². The van der Waals surface area contributed by atoms with Crippen LogP contribution in [0.25, 0.3) is 0 Å². The van der Waals surface area contributed by atoms with Gasteiger partial charge in [-0.1, -0.05) is 0 Å². The number of carbonyl (C=O) groups is 3. The SMILES string of the molecule is COc1cnc(C(=O)N2CCC3(CC2)OCCn2c(CN(C)CC4CC4)cnc23)nc1.O=C(O)C(=O)O. The molecule has 0 bridgehead atoms. The van der Waals surface area contributed by atoms with Crippen molar-refractivity contribution in [3.8, 4) is 5.75 Å². The molecule has 3 aliphatic rings. The molecule has 2 aromatic heterocycles. The largest absolute Gasteiger partial charge is 0.494 e. The zero-order valence-corrected chi connectivity index (χ0v) is 21.0. The van der Waals surface area contributed by atoms with E-state index in [9.17, 15) is 4.79 Å². The fourth-order valence-corrected chi connectivity index (χ4v) is 4.74. The smallest absolute Gasteiger partial charge is 0.414 e. The molecular formula is C24H32N6O7. The Morgan fingerprint density at radius 2 is 1.73 bits per heavy atom. The number of carboxylic acid groups (broad SMARTS) is 2. The van der Waals surface area contributed by atoms with Crippen molar-refractivity contribution in [3.05, 3.63) is 35.9 Å². The lowest BCUT2D eigenvalue weighted by Gasteiger charge is -2.43. The third-order valence-electron chi connectivity index (χ3n) is 6.83. The molecule has 1 saturated carbocycles. The fraction of sp³-hybridized carbons (Fsp3) is 0.583. The first kappa shape index (κ1) is 26.5. The van der Waals surface area contributed by atoms with Crippen molar-refractivity contribution >= 4 is 17.8 Å². The Morgan fingerprint density at radius 3 is 2.30 bits per heavy atom. The molecule has 5 rings (SSSR count). The van der Waals surface area contributed by atoms with E-state index in [4.69, 9.17) is 34.3 Å². The van der Waals surface area contributed by atoms with Gasteiger partial charge >= 0.3 is 11.9 Å². The first-order chi connectivity index (χ1) is 17.7. The van der Waals surface area contributed by atoms with Crippen LogP contribution in [0.15, 0.2) is 18.6 Å². The predicted molar refractivity (Wildman–Crippen MR) is 128 cm³/mol. The van der Waals surface area contributed by atoms with Crippen molar-refractivity contribution in [3.63, 3.8) is 0 Å². The molecule has 4 heterocycles. The van der Waals surface area contributed by atoms with E-state index in [1.54, 1.807) is 7.11 Å². The van der Waals surface area contributed by atoms with Gasteiger partial charge in [0.1, 0.15) is 11.4 Å². The van der Waals surface area contributed by atoms with Gasteiger partial charge in [0.05, 0.1) is 31.8 Å². The number of carboxylic acids is 2. The lowest BCUT2D eigenvalue weighted by atomic mass is 9.89. The first-order valence-electron chi connectivity index (χ1n) is 12.2. The average molecular weight is 517 g/mol. The van der Waals surface area contributed by atoms with E-state index in [-0.39, 0.29) is 11.7 Å². The summed E-state index contributed by atoms with van der Waals surface area (Å²) in [6.45, 7) is 4.78. The van der Waals surface area contributed by atoms with Crippen LogP contribution in [0.4, 0.5) is 0 Å². The van der Waals surface area contributed by atoms with E-state index in [0.29, 0.717) is 25.4 Å². The predicted octanol–water partition coefficient (Wildman–Crippen LogP) is 0.841. The lowest BCUT2D eigenvalue weighted by molar-refractivity contribution is -0.159.